The number of rotatable bonds is 9. The summed E-state index contributed by atoms with van der Waals surface area (Å²) in [5.74, 6) is -0.423. The molecule has 4 rings (SSSR count). The number of para-hydroxylation sites is 2. The summed E-state index contributed by atoms with van der Waals surface area (Å²) in [6.45, 7) is 2.40. The van der Waals surface area contributed by atoms with E-state index in [0.29, 0.717) is 6.54 Å². The lowest BCUT2D eigenvalue weighted by Crippen LogP contribution is -2.42. The van der Waals surface area contributed by atoms with Gasteiger partial charge in [0.1, 0.15) is 0 Å². The number of pyridine rings is 2. The molecule has 0 unspecified atom stereocenters. The van der Waals surface area contributed by atoms with Gasteiger partial charge in [-0.2, -0.15) is 0 Å². The highest BCUT2D eigenvalue weighted by Gasteiger charge is 2.11. The zero-order valence-corrected chi connectivity index (χ0v) is 19.6. The third-order valence-corrected chi connectivity index (χ3v) is 5.66. The van der Waals surface area contributed by atoms with Gasteiger partial charge >= 0.3 is 0 Å². The molecule has 0 radical (unpaired) electrons. The standard InChI is InChI=1S/C29H28N4O2/c1-2-7-25(33-27(35)17-15-24-11-4-9-22-13-6-19-31-29(22)24)20-32-26(34)16-14-23-10-3-8-21-12-5-18-30-28(21)23/h3-6,8-19,25H,2,7,20H2,1H3,(H,32,34)(H,33,35)/b16-14+,17-15-/t25-/m1/s1. The first-order chi connectivity index (χ1) is 17.1. The zero-order valence-electron chi connectivity index (χ0n) is 19.6. The smallest absolute Gasteiger partial charge is 0.244 e. The molecule has 35 heavy (non-hydrogen) atoms. The van der Waals surface area contributed by atoms with Gasteiger partial charge in [-0.1, -0.05) is 61.9 Å². The van der Waals surface area contributed by atoms with Crippen molar-refractivity contribution < 1.29 is 9.59 Å². The van der Waals surface area contributed by atoms with Crippen LogP contribution >= 0.6 is 0 Å². The SMILES string of the molecule is CCC[C@H](CNC(=O)/C=C/c1cccc2cccnc12)NC(=O)/C=C\c1cccc2cccnc12. The summed E-state index contributed by atoms with van der Waals surface area (Å²) in [6.07, 6.45) is 11.7. The molecular weight excluding hydrogens is 436 g/mol. The zero-order chi connectivity index (χ0) is 24.5. The van der Waals surface area contributed by atoms with E-state index in [0.717, 1.165) is 45.8 Å². The number of fused-ring (bicyclic) bond motifs is 2. The van der Waals surface area contributed by atoms with Crippen LogP contribution in [0.3, 0.4) is 0 Å². The maximum Gasteiger partial charge on any atom is 0.244 e. The summed E-state index contributed by atoms with van der Waals surface area (Å²) in [6, 6.07) is 19.3. The lowest BCUT2D eigenvalue weighted by molar-refractivity contribution is -0.119. The molecule has 6 nitrogen and oxygen atoms in total. The van der Waals surface area contributed by atoms with E-state index in [2.05, 4.69) is 20.6 Å². The maximum atomic E-state index is 12.6. The number of aromatic nitrogens is 2. The fourth-order valence-electron chi connectivity index (χ4n) is 3.96. The fraction of sp³-hybridized carbons (Fsp3) is 0.172. The van der Waals surface area contributed by atoms with Gasteiger partial charge in [-0.15, -0.1) is 0 Å². The Kier molecular flexibility index (Phi) is 7.96. The number of nitrogens with one attached hydrogen (secondary N) is 2. The first kappa shape index (κ1) is 23.8. The molecule has 2 aromatic carbocycles. The van der Waals surface area contributed by atoms with Gasteiger partial charge in [0.15, 0.2) is 0 Å². The van der Waals surface area contributed by atoms with E-state index in [9.17, 15) is 9.59 Å². The molecule has 0 saturated heterocycles. The molecule has 0 aliphatic rings. The Morgan fingerprint density at radius 2 is 1.34 bits per heavy atom. The van der Waals surface area contributed by atoms with Crippen molar-refractivity contribution >= 4 is 45.8 Å². The first-order valence-corrected chi connectivity index (χ1v) is 11.8. The molecular formula is C29H28N4O2. The topological polar surface area (TPSA) is 84.0 Å². The lowest BCUT2D eigenvalue weighted by atomic mass is 10.1. The summed E-state index contributed by atoms with van der Waals surface area (Å²) in [7, 11) is 0. The molecule has 2 heterocycles. The van der Waals surface area contributed by atoms with E-state index in [1.807, 2.05) is 67.6 Å². The van der Waals surface area contributed by atoms with Gasteiger partial charge in [0, 0.05) is 59.0 Å². The molecule has 2 N–H and O–H groups in total. The second-order valence-electron chi connectivity index (χ2n) is 8.25. The molecule has 2 amide bonds. The maximum absolute atomic E-state index is 12.6. The minimum atomic E-state index is -0.217. The predicted octanol–water partition coefficient (Wildman–Crippen LogP) is 4.91. The first-order valence-electron chi connectivity index (χ1n) is 11.8. The largest absolute Gasteiger partial charge is 0.350 e. The van der Waals surface area contributed by atoms with Crippen LogP contribution in [0.25, 0.3) is 34.0 Å². The molecule has 0 bridgehead atoms. The van der Waals surface area contributed by atoms with Crippen molar-refractivity contribution in [3.63, 3.8) is 0 Å². The normalized spacial score (nSPS) is 12.4. The lowest BCUT2D eigenvalue weighted by Gasteiger charge is -2.17. The molecule has 0 aliphatic carbocycles. The quantitative estimate of drug-likeness (QED) is 0.345. The van der Waals surface area contributed by atoms with Gasteiger partial charge in [-0.3, -0.25) is 19.6 Å². The highest BCUT2D eigenvalue weighted by molar-refractivity contribution is 5.96. The Balaban J connectivity index is 1.34. The van der Waals surface area contributed by atoms with E-state index in [-0.39, 0.29) is 17.9 Å². The highest BCUT2D eigenvalue weighted by Crippen LogP contribution is 2.18. The molecule has 176 valence electrons. The summed E-state index contributed by atoms with van der Waals surface area (Å²) < 4.78 is 0. The van der Waals surface area contributed by atoms with E-state index >= 15 is 0 Å². The van der Waals surface area contributed by atoms with Crippen LogP contribution in [-0.4, -0.2) is 34.4 Å². The fourth-order valence-corrected chi connectivity index (χ4v) is 3.96. The van der Waals surface area contributed by atoms with Crippen LogP contribution in [0.5, 0.6) is 0 Å². The average Bonchev–Trinajstić information content (AvgIpc) is 2.89. The number of carbonyl (C=O) groups is 2. The summed E-state index contributed by atoms with van der Waals surface area (Å²) in [5, 5.41) is 7.93. The summed E-state index contributed by atoms with van der Waals surface area (Å²) in [5.41, 5.74) is 3.46. The van der Waals surface area contributed by atoms with Crippen molar-refractivity contribution in [1.82, 2.24) is 20.6 Å². The van der Waals surface area contributed by atoms with Crippen LogP contribution in [0.2, 0.25) is 0 Å². The van der Waals surface area contributed by atoms with Crippen molar-refractivity contribution in [1.29, 1.82) is 0 Å². The minimum Gasteiger partial charge on any atom is -0.350 e. The van der Waals surface area contributed by atoms with Crippen molar-refractivity contribution in [2.75, 3.05) is 6.54 Å². The number of hydrogen-bond acceptors (Lipinski definition) is 4. The number of benzene rings is 2. The number of carbonyl (C=O) groups excluding carboxylic acids is 2. The van der Waals surface area contributed by atoms with Gasteiger partial charge in [-0.25, -0.2) is 0 Å². The third kappa shape index (κ3) is 6.38. The van der Waals surface area contributed by atoms with Crippen LogP contribution in [0, 0.1) is 0 Å². The Labute approximate surface area is 204 Å². The van der Waals surface area contributed by atoms with Gasteiger partial charge in [0.05, 0.1) is 11.0 Å². The summed E-state index contributed by atoms with van der Waals surface area (Å²) >= 11 is 0. The Hall–Kier alpha value is -4.32. The minimum absolute atomic E-state index is 0.167. The van der Waals surface area contributed by atoms with Crippen LogP contribution in [0.15, 0.2) is 85.2 Å². The Bertz CT molecular complexity index is 1380. The van der Waals surface area contributed by atoms with Gasteiger partial charge < -0.3 is 10.6 Å². The van der Waals surface area contributed by atoms with Gasteiger partial charge in [0.2, 0.25) is 11.8 Å². The van der Waals surface area contributed by atoms with E-state index in [4.69, 9.17) is 0 Å². The molecule has 0 saturated carbocycles. The van der Waals surface area contributed by atoms with Gasteiger partial charge in [-0.05, 0) is 30.7 Å². The second kappa shape index (κ2) is 11.7. The molecule has 0 fully saturated rings. The van der Waals surface area contributed by atoms with Crippen LogP contribution in [0.1, 0.15) is 30.9 Å². The third-order valence-electron chi connectivity index (χ3n) is 5.66. The molecule has 2 aromatic heterocycles. The Morgan fingerprint density at radius 3 is 1.91 bits per heavy atom. The molecule has 1 atom stereocenters. The van der Waals surface area contributed by atoms with Crippen molar-refractivity contribution in [2.24, 2.45) is 0 Å². The van der Waals surface area contributed by atoms with Crippen LogP contribution in [0.4, 0.5) is 0 Å². The number of nitrogens with zero attached hydrogens (tertiary/aromatic N) is 2. The van der Waals surface area contributed by atoms with E-state index < -0.39 is 0 Å². The number of amides is 2. The monoisotopic (exact) mass is 464 g/mol. The van der Waals surface area contributed by atoms with Crippen LogP contribution in [-0.2, 0) is 9.59 Å². The van der Waals surface area contributed by atoms with Crippen molar-refractivity contribution in [3.8, 4) is 0 Å². The molecule has 4 aromatic rings. The average molecular weight is 465 g/mol. The highest BCUT2D eigenvalue weighted by atomic mass is 16.2. The second-order valence-corrected chi connectivity index (χ2v) is 8.25. The van der Waals surface area contributed by atoms with Gasteiger partial charge in [0.25, 0.3) is 0 Å². The molecule has 0 aliphatic heterocycles. The van der Waals surface area contributed by atoms with Crippen LogP contribution < -0.4 is 10.6 Å². The molecule has 0 spiro atoms. The van der Waals surface area contributed by atoms with Crippen molar-refractivity contribution in [2.45, 2.75) is 25.8 Å². The van der Waals surface area contributed by atoms with Crippen molar-refractivity contribution in [3.05, 3.63) is 96.3 Å². The van der Waals surface area contributed by atoms with E-state index in [1.165, 1.54) is 12.2 Å². The summed E-state index contributed by atoms with van der Waals surface area (Å²) in [4.78, 5) is 33.8. The molecule has 6 heteroatoms. The van der Waals surface area contributed by atoms with E-state index in [1.54, 1.807) is 24.5 Å². The Morgan fingerprint density at radius 1 is 0.800 bits per heavy atom. The predicted molar refractivity (Wildman–Crippen MR) is 141 cm³/mol. The number of hydrogen-bond donors (Lipinski definition) is 2.